The van der Waals surface area contributed by atoms with E-state index in [9.17, 15) is 8.42 Å². The minimum Gasteiger partial charge on any atom is -0.362 e. The zero-order valence-corrected chi connectivity index (χ0v) is 7.91. The zero-order chi connectivity index (χ0) is 9.90. The highest BCUT2D eigenvalue weighted by molar-refractivity contribution is 7.81. The first-order chi connectivity index (χ1) is 6.01. The second-order valence-electron chi connectivity index (χ2n) is 2.51. The van der Waals surface area contributed by atoms with Gasteiger partial charge in [-0.05, 0) is 24.1 Å². The molecule has 1 rings (SSSR count). The summed E-state index contributed by atoms with van der Waals surface area (Å²) in [4.78, 5) is 0. The first-order valence-electron chi connectivity index (χ1n) is 3.77. The van der Waals surface area contributed by atoms with Crippen molar-refractivity contribution in [3.05, 3.63) is 29.8 Å². The van der Waals surface area contributed by atoms with Crippen LogP contribution in [0.5, 0.6) is 5.75 Å². The average Bonchev–Trinajstić information content (AvgIpc) is 2.01. The number of rotatable bonds is 3. The fourth-order valence-electron chi connectivity index (χ4n) is 0.939. The fraction of sp³-hybridized carbons (Fsp3) is 0.250. The van der Waals surface area contributed by atoms with Crippen LogP contribution in [0.15, 0.2) is 24.3 Å². The highest BCUT2D eigenvalue weighted by Crippen LogP contribution is 2.14. The smallest absolute Gasteiger partial charge is 0.362 e. The van der Waals surface area contributed by atoms with Gasteiger partial charge in [0.05, 0.1) is 0 Å². The number of aryl methyl sites for hydroxylation is 1. The Balaban J connectivity index is 2.90. The summed E-state index contributed by atoms with van der Waals surface area (Å²) in [5.41, 5.74) is 0.946. The van der Waals surface area contributed by atoms with Gasteiger partial charge in [-0.2, -0.15) is 8.42 Å². The van der Waals surface area contributed by atoms with Gasteiger partial charge in [-0.15, -0.1) is 0 Å². The molecule has 0 saturated heterocycles. The molecular weight excluding hydrogens is 192 g/mol. The molecule has 72 valence electrons. The number of hydrogen-bond donors (Lipinski definition) is 1. The maximum atomic E-state index is 10.3. The molecular formula is C8H10O4S. The van der Waals surface area contributed by atoms with E-state index in [4.69, 9.17) is 4.55 Å². The molecule has 1 aromatic carbocycles. The minimum atomic E-state index is -4.40. The summed E-state index contributed by atoms with van der Waals surface area (Å²) in [7, 11) is -4.40. The second-order valence-corrected chi connectivity index (χ2v) is 3.53. The molecule has 0 heterocycles. The number of benzene rings is 1. The lowest BCUT2D eigenvalue weighted by Crippen LogP contribution is -2.06. The van der Waals surface area contributed by atoms with Crippen molar-refractivity contribution in [1.29, 1.82) is 0 Å². The molecule has 0 atom stereocenters. The van der Waals surface area contributed by atoms with Crippen LogP contribution in [0.25, 0.3) is 0 Å². The Kier molecular flexibility index (Phi) is 2.90. The lowest BCUT2D eigenvalue weighted by Gasteiger charge is -2.02. The van der Waals surface area contributed by atoms with Gasteiger partial charge in [0, 0.05) is 0 Å². The molecule has 0 aliphatic rings. The largest absolute Gasteiger partial charge is 0.446 e. The summed E-state index contributed by atoms with van der Waals surface area (Å²) in [5, 5.41) is 0. The Bertz CT molecular complexity index is 383. The van der Waals surface area contributed by atoms with Crippen molar-refractivity contribution in [2.24, 2.45) is 0 Å². The zero-order valence-electron chi connectivity index (χ0n) is 7.10. The van der Waals surface area contributed by atoms with Gasteiger partial charge in [-0.25, -0.2) is 0 Å². The van der Waals surface area contributed by atoms with E-state index in [-0.39, 0.29) is 5.75 Å². The summed E-state index contributed by atoms with van der Waals surface area (Å²) in [5.74, 6) is 0.127. The third-order valence-electron chi connectivity index (χ3n) is 1.51. The monoisotopic (exact) mass is 202 g/mol. The topological polar surface area (TPSA) is 63.6 Å². The van der Waals surface area contributed by atoms with E-state index >= 15 is 0 Å². The van der Waals surface area contributed by atoms with E-state index < -0.39 is 10.4 Å². The molecule has 0 spiro atoms. The van der Waals surface area contributed by atoms with Crippen molar-refractivity contribution >= 4 is 10.4 Å². The van der Waals surface area contributed by atoms with Crippen molar-refractivity contribution in [3.8, 4) is 5.75 Å². The Labute approximate surface area is 77.1 Å². The van der Waals surface area contributed by atoms with Gasteiger partial charge in [0.25, 0.3) is 0 Å². The van der Waals surface area contributed by atoms with Crippen LogP contribution < -0.4 is 4.18 Å². The van der Waals surface area contributed by atoms with E-state index in [0.717, 1.165) is 12.0 Å². The normalized spacial score (nSPS) is 11.2. The van der Waals surface area contributed by atoms with Gasteiger partial charge in [-0.3, -0.25) is 4.55 Å². The molecule has 0 aromatic heterocycles. The van der Waals surface area contributed by atoms with E-state index in [2.05, 4.69) is 4.18 Å². The highest BCUT2D eigenvalue weighted by Gasteiger charge is 2.06. The average molecular weight is 202 g/mol. The molecule has 0 bridgehead atoms. The van der Waals surface area contributed by atoms with E-state index in [1.165, 1.54) is 6.07 Å². The molecule has 0 amide bonds. The molecule has 1 N–H and O–H groups in total. The molecule has 0 unspecified atom stereocenters. The first kappa shape index (κ1) is 10.0. The van der Waals surface area contributed by atoms with Crippen LogP contribution in [0.3, 0.4) is 0 Å². The van der Waals surface area contributed by atoms with Crippen molar-refractivity contribution < 1.29 is 17.2 Å². The molecule has 0 saturated carbocycles. The Morgan fingerprint density at radius 1 is 1.46 bits per heavy atom. The van der Waals surface area contributed by atoms with Crippen molar-refractivity contribution in [2.75, 3.05) is 0 Å². The lowest BCUT2D eigenvalue weighted by atomic mass is 10.2. The molecule has 1 aromatic rings. The third-order valence-corrected chi connectivity index (χ3v) is 1.91. The molecule has 4 nitrogen and oxygen atoms in total. The summed E-state index contributed by atoms with van der Waals surface area (Å²) in [6, 6.07) is 6.54. The Morgan fingerprint density at radius 3 is 2.69 bits per heavy atom. The van der Waals surface area contributed by atoms with E-state index in [0.29, 0.717) is 0 Å². The van der Waals surface area contributed by atoms with Crippen LogP contribution in [-0.4, -0.2) is 13.0 Å². The van der Waals surface area contributed by atoms with E-state index in [1.807, 2.05) is 13.0 Å². The third kappa shape index (κ3) is 3.43. The molecule has 0 fully saturated rings. The first-order valence-corrected chi connectivity index (χ1v) is 5.13. The van der Waals surface area contributed by atoms with Gasteiger partial charge in [0.2, 0.25) is 0 Å². The van der Waals surface area contributed by atoms with Gasteiger partial charge in [0.1, 0.15) is 5.75 Å². The Hall–Kier alpha value is -1.07. The molecule has 5 heteroatoms. The van der Waals surface area contributed by atoms with Crippen molar-refractivity contribution in [2.45, 2.75) is 13.3 Å². The van der Waals surface area contributed by atoms with Gasteiger partial charge in [-0.1, -0.05) is 19.1 Å². The van der Waals surface area contributed by atoms with Gasteiger partial charge in [0.15, 0.2) is 0 Å². The molecule has 13 heavy (non-hydrogen) atoms. The number of hydrogen-bond acceptors (Lipinski definition) is 3. The summed E-state index contributed by atoms with van der Waals surface area (Å²) >= 11 is 0. The predicted octanol–water partition coefficient (Wildman–Crippen LogP) is 1.43. The maximum absolute atomic E-state index is 10.3. The van der Waals surface area contributed by atoms with Crippen LogP contribution in [0.2, 0.25) is 0 Å². The molecule has 0 aliphatic heterocycles. The lowest BCUT2D eigenvalue weighted by molar-refractivity contribution is 0.386. The standard InChI is InChI=1S/C8H10O4S/c1-2-7-4-3-5-8(6-7)12-13(9,10)11/h3-6H,2H2,1H3,(H,9,10,11). The van der Waals surface area contributed by atoms with Crippen LogP contribution in [-0.2, 0) is 16.8 Å². The van der Waals surface area contributed by atoms with E-state index in [1.54, 1.807) is 12.1 Å². The maximum Gasteiger partial charge on any atom is 0.446 e. The summed E-state index contributed by atoms with van der Waals surface area (Å²) in [6.07, 6.45) is 0.780. The van der Waals surface area contributed by atoms with Crippen LogP contribution >= 0.6 is 0 Å². The summed E-state index contributed by atoms with van der Waals surface area (Å²) < 4.78 is 33.3. The molecule has 0 aliphatic carbocycles. The van der Waals surface area contributed by atoms with Crippen LogP contribution in [0, 0.1) is 0 Å². The van der Waals surface area contributed by atoms with Crippen LogP contribution in [0.4, 0.5) is 0 Å². The highest BCUT2D eigenvalue weighted by atomic mass is 32.3. The van der Waals surface area contributed by atoms with Crippen molar-refractivity contribution in [3.63, 3.8) is 0 Å². The van der Waals surface area contributed by atoms with Gasteiger partial charge < -0.3 is 4.18 Å². The predicted molar refractivity (Wildman–Crippen MR) is 48.0 cm³/mol. The summed E-state index contributed by atoms with van der Waals surface area (Å²) in [6.45, 7) is 1.94. The van der Waals surface area contributed by atoms with Crippen LogP contribution in [0.1, 0.15) is 12.5 Å². The Morgan fingerprint density at radius 2 is 2.15 bits per heavy atom. The fourth-order valence-corrected chi connectivity index (χ4v) is 1.29. The minimum absolute atomic E-state index is 0.127. The van der Waals surface area contributed by atoms with Gasteiger partial charge >= 0.3 is 10.4 Å². The molecule has 0 radical (unpaired) electrons. The SMILES string of the molecule is CCc1cccc(OS(=O)(=O)O)c1. The van der Waals surface area contributed by atoms with Crippen molar-refractivity contribution in [1.82, 2.24) is 0 Å². The quantitative estimate of drug-likeness (QED) is 0.753. The second kappa shape index (κ2) is 3.76.